The average Bonchev–Trinajstić information content (AvgIpc) is 3.10. The highest BCUT2D eigenvalue weighted by atomic mass is 16.1. The molecule has 0 atom stereocenters. The van der Waals surface area contributed by atoms with Gasteiger partial charge in [0, 0.05) is 11.7 Å². The van der Waals surface area contributed by atoms with E-state index in [4.69, 9.17) is 0 Å². The van der Waals surface area contributed by atoms with Crippen LogP contribution in [0.1, 0.15) is 25.2 Å². The van der Waals surface area contributed by atoms with Crippen molar-refractivity contribution in [2.45, 2.75) is 32.9 Å². The number of aromatic nitrogens is 4. The molecule has 3 aromatic rings. The number of tetrazole rings is 1. The van der Waals surface area contributed by atoms with Gasteiger partial charge in [0.05, 0.1) is 18.7 Å². The predicted molar refractivity (Wildman–Crippen MR) is 99.9 cm³/mol. The van der Waals surface area contributed by atoms with E-state index in [9.17, 15) is 4.79 Å². The Hall–Kier alpha value is -3.22. The molecule has 1 amide bonds. The fourth-order valence-corrected chi connectivity index (χ4v) is 2.57. The zero-order valence-corrected chi connectivity index (χ0v) is 14.9. The molecule has 2 N–H and O–H groups in total. The molecule has 1 aromatic heterocycles. The fourth-order valence-electron chi connectivity index (χ4n) is 2.57. The zero-order valence-electron chi connectivity index (χ0n) is 14.9. The first-order valence-corrected chi connectivity index (χ1v) is 8.56. The first-order chi connectivity index (χ1) is 12.6. The summed E-state index contributed by atoms with van der Waals surface area (Å²) in [6, 6.07) is 17.7. The highest BCUT2D eigenvalue weighted by Crippen LogP contribution is 2.13. The molecule has 1 heterocycles. The second-order valence-electron chi connectivity index (χ2n) is 6.29. The molecule has 134 valence electrons. The molecule has 0 unspecified atom stereocenters. The Morgan fingerprint density at radius 1 is 1.08 bits per heavy atom. The second-order valence-corrected chi connectivity index (χ2v) is 6.29. The second kappa shape index (κ2) is 8.24. The summed E-state index contributed by atoms with van der Waals surface area (Å²) in [5.41, 5.74) is 2.84. The van der Waals surface area contributed by atoms with Gasteiger partial charge in [0.1, 0.15) is 0 Å². The van der Waals surface area contributed by atoms with Crippen molar-refractivity contribution in [3.63, 3.8) is 0 Å². The van der Waals surface area contributed by atoms with Crippen LogP contribution in [0.2, 0.25) is 0 Å². The quantitative estimate of drug-likeness (QED) is 0.683. The number of nitrogens with one attached hydrogen (secondary N) is 2. The fraction of sp³-hybridized carbons (Fsp3) is 0.263. The van der Waals surface area contributed by atoms with Crippen molar-refractivity contribution in [1.82, 2.24) is 25.5 Å². The minimum atomic E-state index is 0.0303. The van der Waals surface area contributed by atoms with Gasteiger partial charge in [0.25, 0.3) is 0 Å². The third kappa shape index (κ3) is 4.66. The Balaban J connectivity index is 1.59. The largest absolute Gasteiger partial charge is 0.378 e. The summed E-state index contributed by atoms with van der Waals surface area (Å²) in [4.78, 5) is 11.8. The summed E-state index contributed by atoms with van der Waals surface area (Å²) in [6.07, 6.45) is 0.380. The number of rotatable bonds is 7. The first-order valence-electron chi connectivity index (χ1n) is 8.56. The van der Waals surface area contributed by atoms with E-state index in [1.807, 2.05) is 68.4 Å². The van der Waals surface area contributed by atoms with Crippen LogP contribution < -0.4 is 10.6 Å². The standard InChI is InChI=1S/C19H22N6O/c1-14(2)21-19(26)12-15-8-10-16(11-9-15)20-13-18-22-23-24-25(18)17-6-4-3-5-7-17/h3-11,14,20H,12-13H2,1-2H3,(H,21,26). The molecule has 0 bridgehead atoms. The predicted octanol–water partition coefficient (Wildman–Crippen LogP) is 2.34. The van der Waals surface area contributed by atoms with E-state index in [0.29, 0.717) is 13.0 Å². The van der Waals surface area contributed by atoms with Crippen LogP contribution in [-0.2, 0) is 17.8 Å². The molecular weight excluding hydrogens is 328 g/mol. The summed E-state index contributed by atoms with van der Waals surface area (Å²) < 4.78 is 1.71. The summed E-state index contributed by atoms with van der Waals surface area (Å²) in [7, 11) is 0. The summed E-state index contributed by atoms with van der Waals surface area (Å²) in [6.45, 7) is 4.40. The van der Waals surface area contributed by atoms with Crippen molar-refractivity contribution < 1.29 is 4.79 Å². The lowest BCUT2D eigenvalue weighted by Crippen LogP contribution is -2.31. The third-order valence-electron chi connectivity index (χ3n) is 3.75. The summed E-state index contributed by atoms with van der Waals surface area (Å²) >= 11 is 0. The molecule has 0 fully saturated rings. The lowest BCUT2D eigenvalue weighted by atomic mass is 10.1. The Bertz CT molecular complexity index is 842. The van der Waals surface area contributed by atoms with Crippen LogP contribution in [0.4, 0.5) is 5.69 Å². The number of carbonyl (C=O) groups is 1. The Kier molecular flexibility index (Phi) is 5.58. The van der Waals surface area contributed by atoms with Crippen LogP contribution in [0, 0.1) is 0 Å². The van der Waals surface area contributed by atoms with Gasteiger partial charge in [-0.2, -0.15) is 4.68 Å². The lowest BCUT2D eigenvalue weighted by Gasteiger charge is -2.10. The van der Waals surface area contributed by atoms with E-state index >= 15 is 0 Å². The maximum absolute atomic E-state index is 11.8. The van der Waals surface area contributed by atoms with Crippen molar-refractivity contribution >= 4 is 11.6 Å². The minimum absolute atomic E-state index is 0.0303. The van der Waals surface area contributed by atoms with Crippen molar-refractivity contribution in [2.24, 2.45) is 0 Å². The van der Waals surface area contributed by atoms with E-state index in [2.05, 4.69) is 26.2 Å². The molecule has 0 saturated carbocycles. The zero-order chi connectivity index (χ0) is 18.4. The topological polar surface area (TPSA) is 84.7 Å². The van der Waals surface area contributed by atoms with Gasteiger partial charge < -0.3 is 10.6 Å². The first kappa shape index (κ1) is 17.6. The van der Waals surface area contributed by atoms with Crippen molar-refractivity contribution in [3.05, 3.63) is 66.0 Å². The lowest BCUT2D eigenvalue weighted by molar-refractivity contribution is -0.120. The molecule has 0 radical (unpaired) electrons. The number of hydrogen-bond donors (Lipinski definition) is 2. The van der Waals surface area contributed by atoms with E-state index < -0.39 is 0 Å². The smallest absolute Gasteiger partial charge is 0.224 e. The minimum Gasteiger partial charge on any atom is -0.378 e. The van der Waals surface area contributed by atoms with E-state index in [-0.39, 0.29) is 11.9 Å². The molecule has 7 nitrogen and oxygen atoms in total. The third-order valence-corrected chi connectivity index (χ3v) is 3.75. The maximum Gasteiger partial charge on any atom is 0.224 e. The van der Waals surface area contributed by atoms with Crippen molar-refractivity contribution in [1.29, 1.82) is 0 Å². The van der Waals surface area contributed by atoms with Gasteiger partial charge in [0.2, 0.25) is 5.91 Å². The monoisotopic (exact) mass is 350 g/mol. The van der Waals surface area contributed by atoms with Crippen LogP contribution >= 0.6 is 0 Å². The average molecular weight is 350 g/mol. The van der Waals surface area contributed by atoms with Crippen molar-refractivity contribution in [3.8, 4) is 5.69 Å². The number of carbonyl (C=O) groups excluding carboxylic acids is 1. The number of nitrogens with zero attached hydrogens (tertiary/aromatic N) is 4. The Morgan fingerprint density at radius 2 is 1.81 bits per heavy atom. The molecule has 0 aliphatic heterocycles. The Labute approximate surface area is 152 Å². The van der Waals surface area contributed by atoms with Gasteiger partial charge in [-0.1, -0.05) is 30.3 Å². The van der Waals surface area contributed by atoms with Crippen LogP contribution in [-0.4, -0.2) is 32.2 Å². The molecule has 0 saturated heterocycles. The van der Waals surface area contributed by atoms with Crippen LogP contribution in [0.25, 0.3) is 5.69 Å². The maximum atomic E-state index is 11.8. The SMILES string of the molecule is CC(C)NC(=O)Cc1ccc(NCc2nnnn2-c2ccccc2)cc1. The highest BCUT2D eigenvalue weighted by molar-refractivity contribution is 5.78. The molecule has 3 rings (SSSR count). The van der Waals surface area contributed by atoms with Gasteiger partial charge in [-0.05, 0) is 54.1 Å². The summed E-state index contributed by atoms with van der Waals surface area (Å²) in [5, 5.41) is 18.1. The normalized spacial score (nSPS) is 10.7. The van der Waals surface area contributed by atoms with Gasteiger partial charge in [-0.25, -0.2) is 0 Å². The van der Waals surface area contributed by atoms with E-state index in [1.165, 1.54) is 0 Å². The van der Waals surface area contributed by atoms with E-state index in [0.717, 1.165) is 22.8 Å². The molecule has 0 spiro atoms. The number of benzene rings is 2. The highest BCUT2D eigenvalue weighted by Gasteiger charge is 2.08. The van der Waals surface area contributed by atoms with Gasteiger partial charge in [0.15, 0.2) is 5.82 Å². The summed E-state index contributed by atoms with van der Waals surface area (Å²) in [5.74, 6) is 0.749. The molecule has 26 heavy (non-hydrogen) atoms. The van der Waals surface area contributed by atoms with E-state index in [1.54, 1.807) is 4.68 Å². The van der Waals surface area contributed by atoms with Gasteiger partial charge >= 0.3 is 0 Å². The Morgan fingerprint density at radius 3 is 2.50 bits per heavy atom. The van der Waals surface area contributed by atoms with Gasteiger partial charge in [-0.3, -0.25) is 4.79 Å². The number of para-hydroxylation sites is 1. The molecular formula is C19H22N6O. The van der Waals surface area contributed by atoms with Crippen molar-refractivity contribution in [2.75, 3.05) is 5.32 Å². The van der Waals surface area contributed by atoms with Crippen LogP contribution in [0.3, 0.4) is 0 Å². The van der Waals surface area contributed by atoms with Crippen LogP contribution in [0.15, 0.2) is 54.6 Å². The molecule has 0 aliphatic rings. The molecule has 7 heteroatoms. The number of amides is 1. The van der Waals surface area contributed by atoms with Crippen LogP contribution in [0.5, 0.6) is 0 Å². The molecule has 0 aliphatic carbocycles. The number of hydrogen-bond acceptors (Lipinski definition) is 5. The van der Waals surface area contributed by atoms with Gasteiger partial charge in [-0.15, -0.1) is 5.10 Å². The molecule has 2 aromatic carbocycles. The number of anilines is 1.